The molecule has 6 heteroatoms. The average molecular weight is 445 g/mol. The van der Waals surface area contributed by atoms with Gasteiger partial charge in [-0.1, -0.05) is 18.9 Å². The third-order valence-corrected chi connectivity index (χ3v) is 4.77. The molecule has 2 aromatic heterocycles. The zero-order valence-electron chi connectivity index (χ0n) is 13.2. The highest BCUT2D eigenvalue weighted by Crippen LogP contribution is 2.17. The first-order valence-corrected chi connectivity index (χ1v) is 8.88. The first-order valence-electron chi connectivity index (χ1n) is 8.00. The smallest absolute Gasteiger partial charge is 0.191 e. The van der Waals surface area contributed by atoms with E-state index in [0.29, 0.717) is 6.04 Å². The van der Waals surface area contributed by atoms with E-state index < -0.39 is 0 Å². The van der Waals surface area contributed by atoms with Crippen LogP contribution < -0.4 is 10.6 Å². The highest BCUT2D eigenvalue weighted by atomic mass is 127. The predicted octanol–water partition coefficient (Wildman–Crippen LogP) is 4.18. The molecule has 23 heavy (non-hydrogen) atoms. The molecule has 1 saturated carbocycles. The third kappa shape index (κ3) is 6.18. The second-order valence-corrected chi connectivity index (χ2v) is 6.66. The fourth-order valence-electron chi connectivity index (χ4n) is 2.73. The molecule has 2 N–H and O–H groups in total. The highest BCUT2D eigenvalue weighted by Gasteiger charge is 2.16. The van der Waals surface area contributed by atoms with Gasteiger partial charge in [0.2, 0.25) is 0 Å². The number of furan rings is 1. The van der Waals surface area contributed by atoms with Gasteiger partial charge in [-0.05, 0) is 36.4 Å². The topological polar surface area (TPSA) is 49.6 Å². The maximum atomic E-state index is 5.37. The van der Waals surface area contributed by atoms with Gasteiger partial charge in [-0.25, -0.2) is 4.99 Å². The van der Waals surface area contributed by atoms with E-state index in [9.17, 15) is 0 Å². The highest BCUT2D eigenvalue weighted by molar-refractivity contribution is 14.0. The molecule has 3 rings (SSSR count). The van der Waals surface area contributed by atoms with Crippen LogP contribution >= 0.6 is 35.3 Å². The van der Waals surface area contributed by atoms with Crippen molar-refractivity contribution in [3.8, 4) is 0 Å². The number of rotatable bonds is 6. The second-order valence-electron chi connectivity index (χ2n) is 5.63. The summed E-state index contributed by atoms with van der Waals surface area (Å²) in [6, 6.07) is 8.71. The number of guanidine groups is 1. The fourth-order valence-corrected chi connectivity index (χ4v) is 3.36. The van der Waals surface area contributed by atoms with Crippen LogP contribution in [0.5, 0.6) is 0 Å². The van der Waals surface area contributed by atoms with Gasteiger partial charge < -0.3 is 15.1 Å². The number of nitrogens with one attached hydrogen (secondary N) is 2. The quantitative estimate of drug-likeness (QED) is 0.399. The molecule has 0 atom stereocenters. The van der Waals surface area contributed by atoms with Crippen molar-refractivity contribution in [2.45, 2.75) is 44.7 Å². The summed E-state index contributed by atoms with van der Waals surface area (Å²) in [6.45, 7) is 1.57. The predicted molar refractivity (Wildman–Crippen MR) is 107 cm³/mol. The van der Waals surface area contributed by atoms with Gasteiger partial charge in [0.1, 0.15) is 5.76 Å². The number of hydrogen-bond donors (Lipinski definition) is 2. The molecule has 1 fully saturated rings. The Morgan fingerprint density at radius 2 is 2.13 bits per heavy atom. The molecule has 0 spiro atoms. The standard InChI is InChI=1S/C17H23N3OS.HI/c1-2-6-14(5-1)20-17(19-13-16-8-4-12-22-16)18-10-9-15-7-3-11-21-15;/h3-4,7-8,11-12,14H,1-2,5-6,9-10,13H2,(H2,18,19,20);1H. The number of thiophene rings is 1. The van der Waals surface area contributed by atoms with Crippen molar-refractivity contribution >= 4 is 41.3 Å². The number of hydrogen-bond acceptors (Lipinski definition) is 3. The third-order valence-electron chi connectivity index (χ3n) is 3.91. The minimum absolute atomic E-state index is 0. The van der Waals surface area contributed by atoms with Crippen LogP contribution in [0, 0.1) is 0 Å². The summed E-state index contributed by atoms with van der Waals surface area (Å²) in [6.07, 6.45) is 7.73. The molecule has 0 unspecified atom stereocenters. The molecule has 1 aliphatic carbocycles. The minimum Gasteiger partial charge on any atom is -0.469 e. The van der Waals surface area contributed by atoms with Gasteiger partial charge >= 0.3 is 0 Å². The lowest BCUT2D eigenvalue weighted by atomic mass is 10.2. The fraction of sp³-hybridized carbons (Fsp3) is 0.471. The summed E-state index contributed by atoms with van der Waals surface area (Å²) in [5.74, 6) is 1.93. The summed E-state index contributed by atoms with van der Waals surface area (Å²) in [7, 11) is 0. The van der Waals surface area contributed by atoms with Crippen LogP contribution in [-0.4, -0.2) is 18.5 Å². The molecule has 0 bridgehead atoms. The Morgan fingerprint density at radius 3 is 2.83 bits per heavy atom. The molecule has 2 aromatic rings. The Labute approximate surface area is 158 Å². The number of halogens is 1. The Hall–Kier alpha value is -1.02. The van der Waals surface area contributed by atoms with E-state index >= 15 is 0 Å². The van der Waals surface area contributed by atoms with E-state index in [2.05, 4.69) is 28.1 Å². The van der Waals surface area contributed by atoms with Gasteiger partial charge in [0, 0.05) is 23.9 Å². The molecular formula is C17H24IN3OS. The molecule has 0 amide bonds. The lowest BCUT2D eigenvalue weighted by Crippen LogP contribution is -2.43. The second kappa shape index (κ2) is 9.97. The Bertz CT molecular complexity index is 563. The zero-order valence-corrected chi connectivity index (χ0v) is 16.3. The van der Waals surface area contributed by atoms with Crippen LogP contribution in [0.15, 0.2) is 45.3 Å². The monoisotopic (exact) mass is 445 g/mol. The molecular weight excluding hydrogens is 421 g/mol. The first kappa shape index (κ1) is 18.3. The van der Waals surface area contributed by atoms with Gasteiger partial charge in [-0.15, -0.1) is 35.3 Å². The van der Waals surface area contributed by atoms with Crippen molar-refractivity contribution in [3.05, 3.63) is 46.5 Å². The van der Waals surface area contributed by atoms with E-state index in [4.69, 9.17) is 9.41 Å². The molecule has 0 aliphatic heterocycles. The largest absolute Gasteiger partial charge is 0.469 e. The Kier molecular flexibility index (Phi) is 7.94. The van der Waals surface area contributed by atoms with Crippen molar-refractivity contribution in [1.29, 1.82) is 0 Å². The Balaban J connectivity index is 0.00000192. The van der Waals surface area contributed by atoms with Crippen molar-refractivity contribution in [2.24, 2.45) is 4.99 Å². The van der Waals surface area contributed by atoms with Crippen LogP contribution in [0.3, 0.4) is 0 Å². The SMILES string of the molecule is I.c1coc(CCNC(=NCc2cccs2)NC2CCCC2)c1. The van der Waals surface area contributed by atoms with Gasteiger partial charge in [0.05, 0.1) is 12.8 Å². The molecule has 4 nitrogen and oxygen atoms in total. The van der Waals surface area contributed by atoms with Gasteiger partial charge in [0.25, 0.3) is 0 Å². The summed E-state index contributed by atoms with van der Waals surface area (Å²) in [5, 5.41) is 9.10. The summed E-state index contributed by atoms with van der Waals surface area (Å²) >= 11 is 1.75. The average Bonchev–Trinajstić information content (AvgIpc) is 3.28. The van der Waals surface area contributed by atoms with Crippen LogP contribution in [0.25, 0.3) is 0 Å². The minimum atomic E-state index is 0. The van der Waals surface area contributed by atoms with Crippen molar-refractivity contribution in [1.82, 2.24) is 10.6 Å². The van der Waals surface area contributed by atoms with Crippen LogP contribution in [-0.2, 0) is 13.0 Å². The van der Waals surface area contributed by atoms with Crippen LogP contribution in [0.4, 0.5) is 0 Å². The molecule has 0 saturated heterocycles. The lowest BCUT2D eigenvalue weighted by Gasteiger charge is -2.17. The molecule has 2 heterocycles. The summed E-state index contributed by atoms with van der Waals surface area (Å²) in [5.41, 5.74) is 0. The van der Waals surface area contributed by atoms with Gasteiger partial charge in [-0.3, -0.25) is 0 Å². The van der Waals surface area contributed by atoms with Gasteiger partial charge in [0.15, 0.2) is 5.96 Å². The molecule has 0 aromatic carbocycles. The first-order chi connectivity index (χ1) is 10.9. The zero-order chi connectivity index (χ0) is 15.0. The van der Waals surface area contributed by atoms with E-state index in [1.165, 1.54) is 30.6 Å². The number of aliphatic imine (C=N–C) groups is 1. The van der Waals surface area contributed by atoms with Crippen molar-refractivity contribution in [2.75, 3.05) is 6.54 Å². The summed E-state index contributed by atoms with van der Waals surface area (Å²) < 4.78 is 5.37. The van der Waals surface area contributed by atoms with E-state index in [-0.39, 0.29) is 24.0 Å². The molecule has 1 aliphatic rings. The maximum absolute atomic E-state index is 5.37. The van der Waals surface area contributed by atoms with Crippen molar-refractivity contribution in [3.63, 3.8) is 0 Å². The van der Waals surface area contributed by atoms with E-state index in [1.807, 2.05) is 12.1 Å². The normalized spacial score (nSPS) is 15.4. The van der Waals surface area contributed by atoms with Crippen molar-refractivity contribution < 1.29 is 4.42 Å². The van der Waals surface area contributed by atoms with Crippen LogP contribution in [0.2, 0.25) is 0 Å². The number of nitrogens with zero attached hydrogens (tertiary/aromatic N) is 1. The summed E-state index contributed by atoms with van der Waals surface area (Å²) in [4.78, 5) is 6.01. The molecule has 126 valence electrons. The van der Waals surface area contributed by atoms with Gasteiger partial charge in [-0.2, -0.15) is 0 Å². The lowest BCUT2D eigenvalue weighted by molar-refractivity contribution is 0.506. The molecule has 0 radical (unpaired) electrons. The maximum Gasteiger partial charge on any atom is 0.191 e. The van der Waals surface area contributed by atoms with Crippen LogP contribution in [0.1, 0.15) is 36.3 Å². The van der Waals surface area contributed by atoms with E-state index in [0.717, 1.165) is 31.2 Å². The van der Waals surface area contributed by atoms with E-state index in [1.54, 1.807) is 17.6 Å². The Morgan fingerprint density at radius 1 is 1.26 bits per heavy atom.